The van der Waals surface area contributed by atoms with Gasteiger partial charge in [0.2, 0.25) is 0 Å². The minimum absolute atomic E-state index is 0.194. The summed E-state index contributed by atoms with van der Waals surface area (Å²) >= 11 is 0. The van der Waals surface area contributed by atoms with Gasteiger partial charge in [0.15, 0.2) is 0 Å². The van der Waals surface area contributed by atoms with Crippen molar-refractivity contribution in [2.75, 3.05) is 0 Å². The van der Waals surface area contributed by atoms with Crippen molar-refractivity contribution in [3.63, 3.8) is 0 Å². The van der Waals surface area contributed by atoms with Gasteiger partial charge in [-0.1, -0.05) is 56.9 Å². The molecule has 19 heavy (non-hydrogen) atoms. The zero-order valence-electron chi connectivity index (χ0n) is 11.8. The largest absolute Gasteiger partial charge is 0.366 e. The average molecular weight is 257 g/mol. The minimum Gasteiger partial charge on any atom is -0.366 e. The van der Waals surface area contributed by atoms with Crippen LogP contribution < -0.4 is 0 Å². The lowest BCUT2D eigenvalue weighted by Crippen LogP contribution is -2.25. The van der Waals surface area contributed by atoms with Gasteiger partial charge >= 0.3 is 0 Å². The van der Waals surface area contributed by atoms with Gasteiger partial charge in [-0.05, 0) is 24.0 Å². The predicted molar refractivity (Wildman–Crippen MR) is 76.5 cm³/mol. The molecule has 1 aliphatic heterocycles. The van der Waals surface area contributed by atoms with Gasteiger partial charge in [-0.3, -0.25) is 0 Å². The fourth-order valence-electron chi connectivity index (χ4n) is 3.02. The Morgan fingerprint density at radius 1 is 1.21 bits per heavy atom. The topological polar surface area (TPSA) is 33.0 Å². The number of hydrogen-bond acceptors (Lipinski definition) is 2. The maximum absolute atomic E-state index is 8.89. The van der Waals surface area contributed by atoms with E-state index in [2.05, 4.69) is 37.3 Å². The summed E-state index contributed by atoms with van der Waals surface area (Å²) in [4.78, 5) is 0. The number of rotatable bonds is 7. The first-order valence-corrected chi connectivity index (χ1v) is 7.42. The number of nitrogens with zero attached hydrogens (tertiary/aromatic N) is 1. The Hall–Kier alpha value is -1.33. The summed E-state index contributed by atoms with van der Waals surface area (Å²) < 4.78 is 6.14. The van der Waals surface area contributed by atoms with Gasteiger partial charge in [-0.25, -0.2) is 0 Å². The van der Waals surface area contributed by atoms with Crippen LogP contribution >= 0.6 is 0 Å². The predicted octanol–water partition coefficient (Wildman–Crippen LogP) is 4.69. The molecule has 1 aromatic carbocycles. The molecular formula is C17H23NO. The first-order valence-electron chi connectivity index (χ1n) is 7.42. The molecule has 0 saturated carbocycles. The van der Waals surface area contributed by atoms with E-state index in [0.29, 0.717) is 13.0 Å². The maximum Gasteiger partial charge on any atom is 0.0949 e. The second-order valence-corrected chi connectivity index (χ2v) is 5.41. The molecule has 1 unspecified atom stereocenters. The summed E-state index contributed by atoms with van der Waals surface area (Å²) in [6, 6.07) is 10.8. The normalized spacial score (nSPS) is 21.1. The van der Waals surface area contributed by atoms with Gasteiger partial charge in [0.25, 0.3) is 0 Å². The Bertz CT molecular complexity index is 449. The molecule has 102 valence electrons. The van der Waals surface area contributed by atoms with Gasteiger partial charge in [0.05, 0.1) is 18.3 Å². The zero-order valence-corrected chi connectivity index (χ0v) is 11.8. The molecule has 0 N–H and O–H groups in total. The van der Waals surface area contributed by atoms with Crippen LogP contribution in [-0.4, -0.2) is 0 Å². The van der Waals surface area contributed by atoms with E-state index in [1.807, 2.05) is 0 Å². The summed E-state index contributed by atoms with van der Waals surface area (Å²) in [5.74, 6) is 0. The second-order valence-electron chi connectivity index (χ2n) is 5.41. The first-order chi connectivity index (χ1) is 9.32. The molecule has 1 heterocycles. The Kier molecular flexibility index (Phi) is 4.99. The van der Waals surface area contributed by atoms with Crippen LogP contribution in [0.25, 0.3) is 0 Å². The lowest BCUT2D eigenvalue weighted by atomic mass is 9.84. The minimum atomic E-state index is -0.194. The fourth-order valence-corrected chi connectivity index (χ4v) is 3.02. The molecule has 0 radical (unpaired) electrons. The summed E-state index contributed by atoms with van der Waals surface area (Å²) in [5.41, 5.74) is 2.43. The van der Waals surface area contributed by atoms with Crippen molar-refractivity contribution in [1.29, 1.82) is 5.26 Å². The van der Waals surface area contributed by atoms with Gasteiger partial charge in [0.1, 0.15) is 0 Å². The number of hydrogen-bond donors (Lipinski definition) is 0. The molecule has 1 aromatic rings. The third kappa shape index (κ3) is 3.16. The molecule has 0 aromatic heterocycles. The smallest absolute Gasteiger partial charge is 0.0949 e. The lowest BCUT2D eigenvalue weighted by molar-refractivity contribution is -0.0515. The SMILES string of the molecule is CCCCCCC1(CCC#N)OCc2ccccc21. The number of ether oxygens (including phenoxy) is 1. The van der Waals surface area contributed by atoms with Gasteiger partial charge < -0.3 is 4.74 Å². The first kappa shape index (κ1) is 14.1. The molecule has 1 atom stereocenters. The number of benzene rings is 1. The van der Waals surface area contributed by atoms with E-state index in [-0.39, 0.29) is 5.60 Å². The van der Waals surface area contributed by atoms with E-state index in [0.717, 1.165) is 12.8 Å². The lowest BCUT2D eigenvalue weighted by Gasteiger charge is -2.29. The van der Waals surface area contributed by atoms with Crippen LogP contribution in [-0.2, 0) is 16.9 Å². The van der Waals surface area contributed by atoms with E-state index in [9.17, 15) is 0 Å². The molecule has 0 saturated heterocycles. The molecule has 2 heteroatoms. The van der Waals surface area contributed by atoms with Crippen molar-refractivity contribution in [2.45, 2.75) is 64.1 Å². The van der Waals surface area contributed by atoms with Crippen LogP contribution in [0.3, 0.4) is 0 Å². The van der Waals surface area contributed by atoms with Crippen LogP contribution in [0, 0.1) is 11.3 Å². The van der Waals surface area contributed by atoms with Gasteiger partial charge in [0, 0.05) is 6.42 Å². The molecule has 0 bridgehead atoms. The van der Waals surface area contributed by atoms with Crippen LogP contribution in [0.1, 0.15) is 63.0 Å². The zero-order chi connectivity index (χ0) is 13.6. The van der Waals surface area contributed by atoms with Crippen molar-refractivity contribution in [2.24, 2.45) is 0 Å². The molecule has 0 amide bonds. The van der Waals surface area contributed by atoms with E-state index in [1.54, 1.807) is 0 Å². The molecule has 1 aliphatic rings. The summed E-state index contributed by atoms with van der Waals surface area (Å²) in [6.45, 7) is 2.93. The summed E-state index contributed by atoms with van der Waals surface area (Å²) in [7, 11) is 0. The van der Waals surface area contributed by atoms with Crippen molar-refractivity contribution >= 4 is 0 Å². The highest BCUT2D eigenvalue weighted by molar-refractivity contribution is 5.35. The third-order valence-corrected chi connectivity index (χ3v) is 4.09. The molecular weight excluding hydrogens is 234 g/mol. The van der Waals surface area contributed by atoms with Crippen LogP contribution in [0.2, 0.25) is 0 Å². The van der Waals surface area contributed by atoms with Crippen molar-refractivity contribution in [3.8, 4) is 6.07 Å². The van der Waals surface area contributed by atoms with Crippen molar-refractivity contribution in [3.05, 3.63) is 35.4 Å². The van der Waals surface area contributed by atoms with Crippen LogP contribution in [0.15, 0.2) is 24.3 Å². The average Bonchev–Trinajstić information content (AvgIpc) is 2.81. The van der Waals surface area contributed by atoms with E-state index < -0.39 is 0 Å². The monoisotopic (exact) mass is 257 g/mol. The van der Waals surface area contributed by atoms with Crippen LogP contribution in [0.5, 0.6) is 0 Å². The number of unbranched alkanes of at least 4 members (excludes halogenated alkanes) is 3. The van der Waals surface area contributed by atoms with Crippen molar-refractivity contribution < 1.29 is 4.74 Å². The molecule has 0 spiro atoms. The Balaban J connectivity index is 2.10. The Morgan fingerprint density at radius 2 is 2.05 bits per heavy atom. The highest BCUT2D eigenvalue weighted by Crippen LogP contribution is 2.43. The van der Waals surface area contributed by atoms with Gasteiger partial charge in [-0.15, -0.1) is 0 Å². The summed E-state index contributed by atoms with van der Waals surface area (Å²) in [6.07, 6.45) is 7.43. The maximum atomic E-state index is 8.89. The molecule has 2 nitrogen and oxygen atoms in total. The van der Waals surface area contributed by atoms with Gasteiger partial charge in [-0.2, -0.15) is 5.26 Å². The highest BCUT2D eigenvalue weighted by Gasteiger charge is 2.38. The highest BCUT2D eigenvalue weighted by atomic mass is 16.5. The quantitative estimate of drug-likeness (QED) is 0.664. The molecule has 0 aliphatic carbocycles. The summed E-state index contributed by atoms with van der Waals surface area (Å²) in [5, 5.41) is 8.89. The van der Waals surface area contributed by atoms with E-state index in [4.69, 9.17) is 10.00 Å². The second kappa shape index (κ2) is 6.73. The Morgan fingerprint density at radius 3 is 2.84 bits per heavy atom. The molecule has 2 rings (SSSR count). The third-order valence-electron chi connectivity index (χ3n) is 4.09. The fraction of sp³-hybridized carbons (Fsp3) is 0.588. The molecule has 0 fully saturated rings. The number of fused-ring (bicyclic) bond motifs is 1. The standard InChI is InChI=1S/C17H23NO/c1-2-3-4-7-11-17(12-8-13-18)16-10-6-5-9-15(16)14-19-17/h5-6,9-10H,2-4,7-8,11-12,14H2,1H3. The van der Waals surface area contributed by atoms with E-state index >= 15 is 0 Å². The number of nitriles is 1. The van der Waals surface area contributed by atoms with Crippen molar-refractivity contribution in [1.82, 2.24) is 0 Å². The van der Waals surface area contributed by atoms with E-state index in [1.165, 1.54) is 36.8 Å². The Labute approximate surface area is 116 Å². The van der Waals surface area contributed by atoms with Crippen LogP contribution in [0.4, 0.5) is 0 Å².